The summed E-state index contributed by atoms with van der Waals surface area (Å²) in [4.78, 5) is 0. The average Bonchev–Trinajstić information content (AvgIpc) is 2.85. The molecular weight excluding hydrogens is 773 g/mol. The Morgan fingerprint density at radius 2 is 0.787 bits per heavy atom. The lowest BCUT2D eigenvalue weighted by Gasteiger charge is -2.43. The third kappa shape index (κ3) is 5.33. The summed E-state index contributed by atoms with van der Waals surface area (Å²) in [5, 5.41) is 0.354. The van der Waals surface area contributed by atoms with Gasteiger partial charge in [0.05, 0.1) is 0 Å². The molecule has 47 heavy (non-hydrogen) atoms. The molecule has 0 heterocycles. The van der Waals surface area contributed by atoms with Crippen molar-refractivity contribution >= 4 is 10.2 Å². The van der Waals surface area contributed by atoms with Crippen LogP contribution >= 0.6 is 0 Å². The van der Waals surface area contributed by atoms with Gasteiger partial charge in [-0.3, -0.25) is 0 Å². The summed E-state index contributed by atoms with van der Waals surface area (Å²) in [6, 6.07) is 0.117. The normalized spacial score (nSPS) is 15.6. The fraction of sp³-hybridized carbons (Fsp3) is 0.588. The van der Waals surface area contributed by atoms with Crippen molar-refractivity contribution in [3.63, 3.8) is 0 Å². The largest absolute Gasteiger partial charge is 0.464 e. The van der Waals surface area contributed by atoms with Gasteiger partial charge in [0, 0.05) is 0 Å². The summed E-state index contributed by atoms with van der Waals surface area (Å²) >= 11 is 0. The Balaban J connectivity index is 3.96. The van der Waals surface area contributed by atoms with Gasteiger partial charge in [0.25, 0.3) is 0 Å². The molecular formula is C17F25NO3S. The fourth-order valence-corrected chi connectivity index (χ4v) is 3.08. The van der Waals surface area contributed by atoms with E-state index in [0.717, 1.165) is 4.74 Å². The van der Waals surface area contributed by atoms with Gasteiger partial charge >= 0.3 is 69.2 Å². The minimum absolute atomic E-state index is 0.117. The number of alkyl halides is 20. The van der Waals surface area contributed by atoms with Gasteiger partial charge in [0.1, 0.15) is 17.2 Å². The Hall–Kier alpha value is -3.13. The smallest absolute Gasteiger partial charge is 0.244 e. The predicted molar refractivity (Wildman–Crippen MR) is 90.5 cm³/mol. The minimum atomic E-state index is -9.54. The number of benzene rings is 1. The van der Waals surface area contributed by atoms with Crippen LogP contribution in [0.25, 0.3) is 0 Å². The van der Waals surface area contributed by atoms with Gasteiger partial charge in [-0.15, -0.1) is 0 Å². The average molecular weight is 773 g/mol. The Kier molecular flexibility index (Phi) is 9.75. The second kappa shape index (κ2) is 10.9. The molecule has 0 aromatic heterocycles. The third-order valence-corrected chi connectivity index (χ3v) is 6.17. The molecule has 1 aromatic rings. The van der Waals surface area contributed by atoms with Crippen LogP contribution in [-0.4, -0.2) is 61.4 Å². The molecule has 4 nitrogen and oxygen atoms in total. The molecule has 0 unspecified atom stereocenters. The van der Waals surface area contributed by atoms with E-state index in [1.54, 1.807) is 0 Å². The number of ether oxygens (including phenoxy) is 1. The van der Waals surface area contributed by atoms with Crippen molar-refractivity contribution in [3.8, 4) is 6.07 Å². The zero-order chi connectivity index (χ0) is 38.4. The molecule has 1 aromatic carbocycles. The number of rotatable bonds is 12. The van der Waals surface area contributed by atoms with E-state index in [9.17, 15) is 118 Å². The molecule has 0 atom stereocenters. The number of hydrogen-bond donors (Lipinski definition) is 0. The first kappa shape index (κ1) is 41.9. The lowest BCUT2D eigenvalue weighted by Crippen LogP contribution is -2.75. The highest BCUT2D eigenvalue weighted by Crippen LogP contribution is 2.66. The predicted octanol–water partition coefficient (Wildman–Crippen LogP) is 8.11. The Labute approximate surface area is 238 Å². The summed E-state index contributed by atoms with van der Waals surface area (Å²) in [7, 11) is -8.37. The topological polar surface area (TPSA) is 67.2 Å². The number of hydrogen-bond acceptors (Lipinski definition) is 4. The summed E-state index contributed by atoms with van der Waals surface area (Å²) in [6.07, 6.45) is -16.9. The van der Waals surface area contributed by atoms with Gasteiger partial charge in [0.15, 0.2) is 23.3 Å². The molecule has 0 aliphatic carbocycles. The van der Waals surface area contributed by atoms with Crippen LogP contribution in [0.15, 0.2) is 0 Å². The molecule has 0 N–H and O–H groups in total. The SMILES string of the molecule is N#Cc1c(F)c(F)c(C(F)(F)C(F)(F)C(F)(F)C(F)(F)C(F)(F)C(F)(F)C(F)(F)C(F)(F)OC(F)(F)C(F)(F)S(=O)(=O)F)c(F)c1F. The van der Waals surface area contributed by atoms with Crippen LogP contribution in [0.3, 0.4) is 0 Å². The van der Waals surface area contributed by atoms with E-state index in [-0.39, 0.29) is 6.07 Å². The van der Waals surface area contributed by atoms with E-state index >= 15 is 0 Å². The van der Waals surface area contributed by atoms with Crippen LogP contribution in [0, 0.1) is 34.6 Å². The van der Waals surface area contributed by atoms with Crippen LogP contribution in [0.4, 0.5) is 109 Å². The Morgan fingerprint density at radius 1 is 0.489 bits per heavy atom. The zero-order valence-electron chi connectivity index (χ0n) is 20.0. The molecule has 1 rings (SSSR count). The molecule has 0 fully saturated rings. The van der Waals surface area contributed by atoms with Crippen LogP contribution in [0.2, 0.25) is 0 Å². The van der Waals surface area contributed by atoms with Crippen molar-refractivity contribution in [1.82, 2.24) is 0 Å². The minimum Gasteiger partial charge on any atom is -0.244 e. The van der Waals surface area contributed by atoms with Crippen LogP contribution in [0.5, 0.6) is 0 Å². The molecule has 0 radical (unpaired) electrons. The van der Waals surface area contributed by atoms with Gasteiger partial charge in [-0.2, -0.15) is 101 Å². The molecule has 0 bridgehead atoms. The van der Waals surface area contributed by atoms with Crippen LogP contribution < -0.4 is 0 Å². The molecule has 272 valence electrons. The fourth-order valence-electron chi connectivity index (χ4n) is 2.76. The van der Waals surface area contributed by atoms with E-state index in [1.807, 2.05) is 0 Å². The van der Waals surface area contributed by atoms with Gasteiger partial charge < -0.3 is 0 Å². The summed E-state index contributed by atoms with van der Waals surface area (Å²) in [5.41, 5.74) is -7.21. The highest BCUT2D eigenvalue weighted by molar-refractivity contribution is 7.87. The lowest BCUT2D eigenvalue weighted by molar-refractivity contribution is -0.504. The van der Waals surface area contributed by atoms with Gasteiger partial charge in [-0.05, 0) is 0 Å². The summed E-state index contributed by atoms with van der Waals surface area (Å²) in [6.45, 7) is 0. The van der Waals surface area contributed by atoms with E-state index < -0.39 is 104 Å². The number of nitrogens with zero attached hydrogens (tertiary/aromatic N) is 1. The van der Waals surface area contributed by atoms with Crippen molar-refractivity contribution in [2.24, 2.45) is 0 Å². The van der Waals surface area contributed by atoms with E-state index in [4.69, 9.17) is 5.26 Å². The molecule has 0 spiro atoms. The van der Waals surface area contributed by atoms with Crippen LogP contribution in [-0.2, 0) is 20.9 Å². The number of nitriles is 1. The quantitative estimate of drug-likeness (QED) is 0.122. The summed E-state index contributed by atoms with van der Waals surface area (Å²) < 4.78 is 361. The number of halogens is 25. The highest BCUT2D eigenvalue weighted by atomic mass is 32.3. The third-order valence-electron chi connectivity index (χ3n) is 5.32. The molecule has 0 aliphatic heterocycles. The summed E-state index contributed by atoms with van der Waals surface area (Å²) in [5.74, 6) is -79.3. The van der Waals surface area contributed by atoms with Crippen molar-refractivity contribution in [3.05, 3.63) is 34.4 Å². The van der Waals surface area contributed by atoms with Crippen molar-refractivity contribution < 1.29 is 122 Å². The molecule has 0 aliphatic rings. The van der Waals surface area contributed by atoms with Gasteiger partial charge in [0.2, 0.25) is 0 Å². The monoisotopic (exact) mass is 773 g/mol. The zero-order valence-corrected chi connectivity index (χ0v) is 20.8. The Bertz CT molecular complexity index is 1530. The molecule has 0 saturated carbocycles. The molecule has 0 saturated heterocycles. The van der Waals surface area contributed by atoms with Gasteiger partial charge in [-0.1, -0.05) is 3.89 Å². The lowest BCUT2D eigenvalue weighted by atomic mass is 9.86. The van der Waals surface area contributed by atoms with E-state index in [2.05, 4.69) is 0 Å². The highest BCUT2D eigenvalue weighted by Gasteiger charge is 2.96. The van der Waals surface area contributed by atoms with E-state index in [1.165, 1.54) is 0 Å². The van der Waals surface area contributed by atoms with Crippen molar-refractivity contribution in [2.75, 3.05) is 0 Å². The van der Waals surface area contributed by atoms with E-state index in [0.29, 0.717) is 0 Å². The first-order valence-electron chi connectivity index (χ1n) is 9.86. The standard InChI is InChI=1S/C17F25NO3S/c18-4-2(1-43)5(19)7(21)3(6(4)20)8(22,23)9(24,25)10(26,27)11(28,29)12(30,31)13(32,33)14(34,35)15(36,37)46-16(38,39)17(40,41)47(42,44)45. The van der Waals surface area contributed by atoms with Crippen molar-refractivity contribution in [2.45, 2.75) is 58.9 Å². The molecule has 30 heteroatoms. The second-order valence-electron chi connectivity index (χ2n) is 8.23. The maximum absolute atomic E-state index is 14.2. The van der Waals surface area contributed by atoms with Crippen LogP contribution in [0.1, 0.15) is 11.1 Å². The first-order valence-corrected chi connectivity index (χ1v) is 11.2. The Morgan fingerprint density at radius 3 is 1.09 bits per heavy atom. The maximum Gasteiger partial charge on any atom is 0.464 e. The van der Waals surface area contributed by atoms with Gasteiger partial charge in [-0.25, -0.2) is 22.3 Å². The van der Waals surface area contributed by atoms with Crippen molar-refractivity contribution in [1.29, 1.82) is 5.26 Å². The first-order chi connectivity index (χ1) is 20.2. The molecule has 0 amide bonds. The maximum atomic E-state index is 14.2. The second-order valence-corrected chi connectivity index (χ2v) is 9.62.